The fraction of sp³-hybridized carbons (Fsp3) is 0.227. The van der Waals surface area contributed by atoms with Crippen molar-refractivity contribution in [3.8, 4) is 17.5 Å². The predicted octanol–water partition coefficient (Wildman–Crippen LogP) is 4.09. The average Bonchev–Trinajstić information content (AvgIpc) is 3.24. The van der Waals surface area contributed by atoms with Gasteiger partial charge in [0, 0.05) is 38.4 Å². The number of nitrogens with zero attached hydrogens (tertiary/aromatic N) is 7. The lowest BCUT2D eigenvalue weighted by Crippen LogP contribution is -2.44. The van der Waals surface area contributed by atoms with Crippen molar-refractivity contribution < 1.29 is 0 Å². The Balaban J connectivity index is 1.47. The molecule has 0 radical (unpaired) electrons. The van der Waals surface area contributed by atoms with Gasteiger partial charge < -0.3 is 20.1 Å². The number of hydrogen-bond acceptors (Lipinski definition) is 8. The number of hydrogen-bond donors (Lipinski definition) is 2. The lowest BCUT2D eigenvalue weighted by Gasteiger charge is -2.33. The van der Waals surface area contributed by atoms with E-state index < -0.39 is 0 Å². The Morgan fingerprint density at radius 3 is 2.55 bits per heavy atom. The number of nitriles is 1. The minimum atomic E-state index is 0.341. The summed E-state index contributed by atoms with van der Waals surface area (Å²) in [5.41, 5.74) is 2.28. The largest absolute Gasteiger partial charge is 0.354 e. The van der Waals surface area contributed by atoms with Gasteiger partial charge in [-0.3, -0.25) is 0 Å². The van der Waals surface area contributed by atoms with Gasteiger partial charge in [0.2, 0.25) is 0 Å². The number of benzene rings is 1. The van der Waals surface area contributed by atoms with Crippen molar-refractivity contribution in [1.82, 2.24) is 29.8 Å². The number of likely N-dealkylation sites (N-methyl/N-ethyl adjacent to an activating group) is 1. The molecule has 0 saturated carbocycles. The summed E-state index contributed by atoms with van der Waals surface area (Å²) in [6.07, 6.45) is 3.22. The van der Waals surface area contributed by atoms with Crippen LogP contribution in [-0.4, -0.2) is 63.0 Å². The molecule has 0 aliphatic carbocycles. The maximum atomic E-state index is 9.13. The third-order valence-corrected chi connectivity index (χ3v) is 6.13. The molecule has 11 heteroatoms. The zero-order valence-electron chi connectivity index (χ0n) is 17.7. The number of nitrogens with one attached hydrogen (secondary N) is 2. The molecule has 0 atom stereocenters. The maximum absolute atomic E-state index is 9.13. The first-order valence-electron chi connectivity index (χ1n) is 10.3. The van der Waals surface area contributed by atoms with Crippen LogP contribution in [0.1, 0.15) is 5.56 Å². The smallest absolute Gasteiger partial charge is 0.159 e. The van der Waals surface area contributed by atoms with E-state index in [9.17, 15) is 0 Å². The van der Waals surface area contributed by atoms with Crippen molar-refractivity contribution in [3.05, 3.63) is 52.4 Å². The molecule has 33 heavy (non-hydrogen) atoms. The third kappa shape index (κ3) is 4.28. The zero-order chi connectivity index (χ0) is 22.9. The average molecular weight is 480 g/mol. The summed E-state index contributed by atoms with van der Waals surface area (Å²) in [6.45, 7) is 3.81. The van der Waals surface area contributed by atoms with Crippen LogP contribution in [0, 0.1) is 11.3 Å². The molecule has 0 spiro atoms. The zero-order valence-corrected chi connectivity index (χ0v) is 19.2. The van der Waals surface area contributed by atoms with Crippen LogP contribution in [0.15, 0.2) is 36.8 Å². The van der Waals surface area contributed by atoms with E-state index in [0.717, 1.165) is 37.5 Å². The number of rotatable bonds is 4. The number of pyridine rings is 1. The van der Waals surface area contributed by atoms with Crippen molar-refractivity contribution in [2.45, 2.75) is 0 Å². The number of anilines is 3. The second kappa shape index (κ2) is 8.83. The molecule has 1 aromatic carbocycles. The van der Waals surface area contributed by atoms with E-state index in [0.29, 0.717) is 44.1 Å². The Hall–Kier alpha value is -3.45. The molecule has 4 aromatic rings. The molecular weight excluding hydrogens is 461 g/mol. The minimum absolute atomic E-state index is 0.341. The third-order valence-electron chi connectivity index (χ3n) is 5.54. The van der Waals surface area contributed by atoms with Gasteiger partial charge in [0.25, 0.3) is 0 Å². The Kier molecular flexibility index (Phi) is 5.72. The van der Waals surface area contributed by atoms with E-state index in [1.54, 1.807) is 24.7 Å². The molecule has 1 saturated heterocycles. The summed E-state index contributed by atoms with van der Waals surface area (Å²) >= 11 is 12.8. The van der Waals surface area contributed by atoms with E-state index in [1.807, 2.05) is 18.2 Å². The van der Waals surface area contributed by atoms with E-state index in [2.05, 4.69) is 47.1 Å². The van der Waals surface area contributed by atoms with Crippen LogP contribution in [0.3, 0.4) is 0 Å². The monoisotopic (exact) mass is 479 g/mol. The quantitative estimate of drug-likeness (QED) is 0.450. The molecule has 1 aliphatic heterocycles. The van der Waals surface area contributed by atoms with Gasteiger partial charge in [-0.1, -0.05) is 23.2 Å². The van der Waals surface area contributed by atoms with E-state index >= 15 is 0 Å². The molecular formula is C22H19Cl2N9. The van der Waals surface area contributed by atoms with Crippen LogP contribution in [0.2, 0.25) is 10.0 Å². The number of halogens is 2. The highest BCUT2D eigenvalue weighted by molar-refractivity contribution is 6.39. The van der Waals surface area contributed by atoms with Gasteiger partial charge in [-0.2, -0.15) is 5.26 Å². The molecule has 166 valence electrons. The lowest BCUT2D eigenvalue weighted by atomic mass is 10.1. The number of imidazole rings is 1. The summed E-state index contributed by atoms with van der Waals surface area (Å²) in [4.78, 5) is 25.7. The van der Waals surface area contributed by atoms with Gasteiger partial charge in [-0.25, -0.2) is 19.9 Å². The second-order valence-corrected chi connectivity index (χ2v) is 8.56. The lowest BCUT2D eigenvalue weighted by molar-refractivity contribution is 0.312. The summed E-state index contributed by atoms with van der Waals surface area (Å²) in [6, 6.07) is 8.90. The molecule has 3 aromatic heterocycles. The van der Waals surface area contributed by atoms with Gasteiger partial charge in [0.1, 0.15) is 29.3 Å². The Labute approximate surface area is 200 Å². The topological polar surface area (TPSA) is 110 Å². The SMILES string of the molecule is CN1CCN(c2cc(Nc3nccc4[nH]c(-c5c(Cl)cc(C#N)cc5Cl)nc34)ncn2)CC1. The Morgan fingerprint density at radius 1 is 1.06 bits per heavy atom. The first-order chi connectivity index (χ1) is 16.0. The summed E-state index contributed by atoms with van der Waals surface area (Å²) in [7, 11) is 2.12. The Bertz CT molecular complexity index is 1350. The molecule has 9 nitrogen and oxygen atoms in total. The van der Waals surface area contributed by atoms with Crippen LogP contribution in [-0.2, 0) is 0 Å². The summed E-state index contributed by atoms with van der Waals surface area (Å²) in [5, 5.41) is 13.1. The molecule has 1 aliphatic rings. The van der Waals surface area contributed by atoms with Gasteiger partial charge >= 0.3 is 0 Å². The first-order valence-corrected chi connectivity index (χ1v) is 11.0. The molecule has 0 bridgehead atoms. The van der Waals surface area contributed by atoms with Crippen molar-refractivity contribution in [3.63, 3.8) is 0 Å². The number of aromatic nitrogens is 5. The number of piperazine rings is 1. The maximum Gasteiger partial charge on any atom is 0.159 e. The minimum Gasteiger partial charge on any atom is -0.354 e. The van der Waals surface area contributed by atoms with Gasteiger partial charge in [0.05, 0.1) is 32.8 Å². The molecule has 0 unspecified atom stereocenters. The van der Waals surface area contributed by atoms with E-state index in [4.69, 9.17) is 28.5 Å². The van der Waals surface area contributed by atoms with Gasteiger partial charge in [0.15, 0.2) is 5.82 Å². The number of aromatic amines is 1. The fourth-order valence-electron chi connectivity index (χ4n) is 3.75. The summed E-state index contributed by atoms with van der Waals surface area (Å²) < 4.78 is 0. The highest BCUT2D eigenvalue weighted by Gasteiger charge is 2.18. The molecule has 5 rings (SSSR count). The second-order valence-electron chi connectivity index (χ2n) is 7.74. The van der Waals surface area contributed by atoms with Crippen molar-refractivity contribution in [2.24, 2.45) is 0 Å². The predicted molar refractivity (Wildman–Crippen MR) is 129 cm³/mol. The van der Waals surface area contributed by atoms with Crippen LogP contribution in [0.4, 0.5) is 17.5 Å². The van der Waals surface area contributed by atoms with Crippen LogP contribution in [0.25, 0.3) is 22.4 Å². The normalized spacial score (nSPS) is 14.4. The highest BCUT2D eigenvalue weighted by Crippen LogP contribution is 2.36. The molecule has 2 N–H and O–H groups in total. The highest BCUT2D eigenvalue weighted by atomic mass is 35.5. The first kappa shape index (κ1) is 21.4. The van der Waals surface area contributed by atoms with Crippen molar-refractivity contribution in [1.29, 1.82) is 5.26 Å². The standard InChI is InChI=1S/C22H19Cl2N9/c1-32-4-6-33(7-5-32)18-10-17(27-12-28-18)30-22-20-16(2-3-26-22)29-21(31-20)19-14(23)8-13(11-25)9-15(19)24/h2-3,8-10,12H,4-7H2,1H3,(H,29,31)(H,26,27,28,30). The van der Waals surface area contributed by atoms with E-state index in [1.165, 1.54) is 0 Å². The molecule has 0 amide bonds. The van der Waals surface area contributed by atoms with E-state index in [-0.39, 0.29) is 0 Å². The van der Waals surface area contributed by atoms with Crippen LogP contribution in [0.5, 0.6) is 0 Å². The number of fused-ring (bicyclic) bond motifs is 1. The van der Waals surface area contributed by atoms with Crippen molar-refractivity contribution >= 4 is 51.7 Å². The van der Waals surface area contributed by atoms with Gasteiger partial charge in [-0.15, -0.1) is 0 Å². The van der Waals surface area contributed by atoms with Crippen LogP contribution < -0.4 is 10.2 Å². The van der Waals surface area contributed by atoms with Crippen LogP contribution >= 0.6 is 23.2 Å². The molecule has 4 heterocycles. The van der Waals surface area contributed by atoms with Crippen molar-refractivity contribution in [2.75, 3.05) is 43.4 Å². The fourth-order valence-corrected chi connectivity index (χ4v) is 4.42. The number of H-pyrrole nitrogens is 1. The van der Waals surface area contributed by atoms with Gasteiger partial charge in [-0.05, 0) is 25.2 Å². The molecule has 1 fully saturated rings. The summed E-state index contributed by atoms with van der Waals surface area (Å²) in [5.74, 6) is 2.52. The Morgan fingerprint density at radius 2 is 1.82 bits per heavy atom.